The topological polar surface area (TPSA) is 26.3 Å². The van der Waals surface area contributed by atoms with E-state index in [9.17, 15) is 4.79 Å². The van der Waals surface area contributed by atoms with E-state index in [0.717, 1.165) is 12.8 Å². The largest absolute Gasteiger partial charge is 0.466 e. The van der Waals surface area contributed by atoms with Crippen LogP contribution < -0.4 is 0 Å². The number of rotatable bonds is 5. The molecule has 0 spiro atoms. The summed E-state index contributed by atoms with van der Waals surface area (Å²) in [5.74, 6) is 0.873. The van der Waals surface area contributed by atoms with Gasteiger partial charge in [-0.3, -0.25) is 4.79 Å². The molecule has 0 aromatic carbocycles. The second-order valence-electron chi connectivity index (χ2n) is 5.94. The van der Waals surface area contributed by atoms with Gasteiger partial charge in [-0.2, -0.15) is 0 Å². The first kappa shape index (κ1) is 15.0. The maximum Gasteiger partial charge on any atom is 0.302 e. The van der Waals surface area contributed by atoms with Gasteiger partial charge in [-0.05, 0) is 37.0 Å². The molecule has 102 valence electrons. The summed E-state index contributed by atoms with van der Waals surface area (Å²) in [6.07, 6.45) is 8.99. The SMILES string of the molecule is CC(=O)OCCC(C)C=CC1CC=C(C)C1(C)C. The Morgan fingerprint density at radius 1 is 1.61 bits per heavy atom. The van der Waals surface area contributed by atoms with E-state index in [4.69, 9.17) is 4.74 Å². The number of allylic oxidation sites excluding steroid dienone is 4. The monoisotopic (exact) mass is 250 g/mol. The lowest BCUT2D eigenvalue weighted by Crippen LogP contribution is -2.18. The lowest BCUT2D eigenvalue weighted by molar-refractivity contribution is -0.141. The molecule has 0 aliphatic heterocycles. The number of hydrogen-bond acceptors (Lipinski definition) is 2. The first-order valence-corrected chi connectivity index (χ1v) is 6.83. The van der Waals surface area contributed by atoms with Crippen molar-refractivity contribution < 1.29 is 9.53 Å². The molecule has 0 amide bonds. The van der Waals surface area contributed by atoms with E-state index in [-0.39, 0.29) is 11.4 Å². The number of hydrogen-bond donors (Lipinski definition) is 0. The van der Waals surface area contributed by atoms with E-state index in [1.54, 1.807) is 0 Å². The quantitative estimate of drug-likeness (QED) is 0.542. The van der Waals surface area contributed by atoms with E-state index in [0.29, 0.717) is 18.4 Å². The Balaban J connectivity index is 2.38. The van der Waals surface area contributed by atoms with E-state index < -0.39 is 0 Å². The van der Waals surface area contributed by atoms with Crippen LogP contribution in [0.2, 0.25) is 0 Å². The minimum atomic E-state index is -0.192. The first-order valence-electron chi connectivity index (χ1n) is 6.83. The van der Waals surface area contributed by atoms with Crippen LogP contribution in [-0.2, 0) is 9.53 Å². The van der Waals surface area contributed by atoms with E-state index in [2.05, 4.69) is 45.9 Å². The van der Waals surface area contributed by atoms with Crippen LogP contribution in [-0.4, -0.2) is 12.6 Å². The van der Waals surface area contributed by atoms with Crippen molar-refractivity contribution in [3.05, 3.63) is 23.8 Å². The third-order valence-electron chi connectivity index (χ3n) is 4.17. The molecular formula is C16H26O2. The summed E-state index contributed by atoms with van der Waals surface area (Å²) < 4.78 is 4.96. The average molecular weight is 250 g/mol. The molecule has 2 atom stereocenters. The fourth-order valence-electron chi connectivity index (χ4n) is 2.28. The van der Waals surface area contributed by atoms with Crippen LogP contribution in [0, 0.1) is 17.3 Å². The van der Waals surface area contributed by atoms with Crippen molar-refractivity contribution in [3.63, 3.8) is 0 Å². The van der Waals surface area contributed by atoms with Gasteiger partial charge in [0.2, 0.25) is 0 Å². The summed E-state index contributed by atoms with van der Waals surface area (Å²) in [5.41, 5.74) is 1.77. The Hall–Kier alpha value is -1.05. The van der Waals surface area contributed by atoms with Gasteiger partial charge in [0.1, 0.15) is 0 Å². The highest BCUT2D eigenvalue weighted by molar-refractivity contribution is 5.65. The predicted molar refractivity (Wildman–Crippen MR) is 75.2 cm³/mol. The molecule has 0 saturated heterocycles. The number of carbonyl (C=O) groups is 1. The summed E-state index contributed by atoms with van der Waals surface area (Å²) in [6, 6.07) is 0. The van der Waals surface area contributed by atoms with Crippen molar-refractivity contribution >= 4 is 5.97 Å². The zero-order valence-electron chi connectivity index (χ0n) is 12.3. The van der Waals surface area contributed by atoms with Gasteiger partial charge in [-0.15, -0.1) is 0 Å². The summed E-state index contributed by atoms with van der Waals surface area (Å²) in [7, 11) is 0. The van der Waals surface area contributed by atoms with Gasteiger partial charge in [0.15, 0.2) is 0 Å². The van der Waals surface area contributed by atoms with Crippen LogP contribution >= 0.6 is 0 Å². The Labute approximate surface area is 111 Å². The zero-order chi connectivity index (χ0) is 13.8. The van der Waals surface area contributed by atoms with Crippen LogP contribution in [0.15, 0.2) is 23.8 Å². The molecule has 2 nitrogen and oxygen atoms in total. The number of carbonyl (C=O) groups excluding carboxylic acids is 1. The Morgan fingerprint density at radius 3 is 2.78 bits per heavy atom. The van der Waals surface area contributed by atoms with Crippen molar-refractivity contribution in [2.45, 2.75) is 47.5 Å². The van der Waals surface area contributed by atoms with Crippen molar-refractivity contribution in [3.8, 4) is 0 Å². The first-order chi connectivity index (χ1) is 8.34. The highest BCUT2D eigenvalue weighted by atomic mass is 16.5. The van der Waals surface area contributed by atoms with Gasteiger partial charge in [0.25, 0.3) is 0 Å². The number of ether oxygens (including phenoxy) is 1. The van der Waals surface area contributed by atoms with Crippen LogP contribution in [0.25, 0.3) is 0 Å². The molecule has 2 heteroatoms. The predicted octanol–water partition coefficient (Wildman–Crippen LogP) is 4.12. The Kier molecular flexibility index (Phi) is 5.18. The molecule has 0 radical (unpaired) electrons. The van der Waals surface area contributed by atoms with E-state index in [1.807, 2.05) is 0 Å². The molecule has 0 aromatic heterocycles. The van der Waals surface area contributed by atoms with Gasteiger partial charge in [-0.1, -0.05) is 44.6 Å². The normalized spacial score (nSPS) is 24.1. The van der Waals surface area contributed by atoms with Gasteiger partial charge >= 0.3 is 5.97 Å². The molecule has 1 aliphatic rings. The van der Waals surface area contributed by atoms with E-state index in [1.165, 1.54) is 12.5 Å². The van der Waals surface area contributed by atoms with Crippen LogP contribution in [0.1, 0.15) is 47.5 Å². The Morgan fingerprint density at radius 2 is 2.28 bits per heavy atom. The minimum absolute atomic E-state index is 0.192. The average Bonchev–Trinajstić information content (AvgIpc) is 2.51. The molecule has 0 saturated carbocycles. The number of esters is 1. The second kappa shape index (κ2) is 6.21. The maximum atomic E-state index is 10.7. The van der Waals surface area contributed by atoms with Gasteiger partial charge in [-0.25, -0.2) is 0 Å². The smallest absolute Gasteiger partial charge is 0.302 e. The van der Waals surface area contributed by atoms with Gasteiger partial charge < -0.3 is 4.74 Å². The van der Waals surface area contributed by atoms with Crippen LogP contribution in [0.3, 0.4) is 0 Å². The van der Waals surface area contributed by atoms with Crippen molar-refractivity contribution in [2.24, 2.45) is 17.3 Å². The summed E-state index contributed by atoms with van der Waals surface area (Å²) in [6.45, 7) is 11.0. The molecule has 0 aromatic rings. The summed E-state index contributed by atoms with van der Waals surface area (Å²) in [5, 5.41) is 0. The van der Waals surface area contributed by atoms with E-state index >= 15 is 0 Å². The van der Waals surface area contributed by atoms with Gasteiger partial charge in [0.05, 0.1) is 6.61 Å². The highest BCUT2D eigenvalue weighted by Gasteiger charge is 2.32. The standard InChI is InChI=1S/C16H26O2/c1-12(10-11-18-14(3)17)6-8-15-9-7-13(2)16(15,4)5/h6-8,12,15H,9-11H2,1-5H3. The maximum absolute atomic E-state index is 10.7. The van der Waals surface area contributed by atoms with Crippen LogP contribution in [0.5, 0.6) is 0 Å². The third kappa shape index (κ3) is 4.01. The molecule has 18 heavy (non-hydrogen) atoms. The molecule has 0 bridgehead atoms. The Bertz CT molecular complexity index is 350. The summed E-state index contributed by atoms with van der Waals surface area (Å²) in [4.78, 5) is 10.7. The zero-order valence-corrected chi connectivity index (χ0v) is 12.3. The molecule has 0 fully saturated rings. The van der Waals surface area contributed by atoms with Crippen molar-refractivity contribution in [1.29, 1.82) is 0 Å². The summed E-state index contributed by atoms with van der Waals surface area (Å²) >= 11 is 0. The molecule has 1 aliphatic carbocycles. The molecular weight excluding hydrogens is 224 g/mol. The lowest BCUT2D eigenvalue weighted by atomic mass is 9.77. The molecule has 2 unspecified atom stereocenters. The minimum Gasteiger partial charge on any atom is -0.466 e. The molecule has 0 heterocycles. The molecule has 0 N–H and O–H groups in total. The lowest BCUT2D eigenvalue weighted by Gasteiger charge is -2.27. The van der Waals surface area contributed by atoms with Crippen LogP contribution in [0.4, 0.5) is 0 Å². The second-order valence-corrected chi connectivity index (χ2v) is 5.94. The molecule has 1 rings (SSSR count). The highest BCUT2D eigenvalue weighted by Crippen LogP contribution is 2.43. The van der Waals surface area contributed by atoms with Gasteiger partial charge in [0, 0.05) is 6.92 Å². The van der Waals surface area contributed by atoms with Crippen molar-refractivity contribution in [2.75, 3.05) is 6.61 Å². The fourth-order valence-corrected chi connectivity index (χ4v) is 2.28. The van der Waals surface area contributed by atoms with Crippen molar-refractivity contribution in [1.82, 2.24) is 0 Å². The fraction of sp³-hybridized carbons (Fsp3) is 0.688. The third-order valence-corrected chi connectivity index (χ3v) is 4.17.